The van der Waals surface area contributed by atoms with Gasteiger partial charge in [-0.1, -0.05) is 25.3 Å². The van der Waals surface area contributed by atoms with Crippen molar-refractivity contribution in [2.24, 2.45) is 5.92 Å². The molecule has 0 radical (unpaired) electrons. The number of hydrazine groups is 1. The molecule has 4 amide bonds. The topological polar surface area (TPSA) is 86.2 Å². The monoisotopic (exact) mass is 364 g/mol. The normalized spacial score (nSPS) is 27.6. The van der Waals surface area contributed by atoms with Crippen molar-refractivity contribution in [2.75, 3.05) is 33.2 Å². The zero-order valence-electron chi connectivity index (χ0n) is 15.7. The average Bonchev–Trinajstić information content (AvgIpc) is 2.63. The zero-order chi connectivity index (χ0) is 18.7. The van der Waals surface area contributed by atoms with E-state index < -0.39 is 23.8 Å². The molecule has 0 aromatic heterocycles. The Bertz CT molecular complexity index is 592. The number of urea groups is 1. The summed E-state index contributed by atoms with van der Waals surface area (Å²) in [7, 11) is 2.15. The third-order valence-electron chi connectivity index (χ3n) is 5.66. The number of piperazine rings is 1. The summed E-state index contributed by atoms with van der Waals surface area (Å²) in [4.78, 5) is 40.6. The van der Waals surface area contributed by atoms with E-state index >= 15 is 0 Å². The molecule has 0 unspecified atom stereocenters. The van der Waals surface area contributed by atoms with Gasteiger partial charge in [0.25, 0.3) is 0 Å². The van der Waals surface area contributed by atoms with Crippen LogP contribution < -0.4 is 15.6 Å². The Morgan fingerprint density at radius 1 is 1.15 bits per heavy atom. The molecule has 1 saturated carbocycles. The fourth-order valence-electron chi connectivity index (χ4n) is 4.03. The van der Waals surface area contributed by atoms with Gasteiger partial charge in [-0.25, -0.2) is 9.80 Å². The van der Waals surface area contributed by atoms with Gasteiger partial charge in [-0.2, -0.15) is 0 Å². The highest BCUT2D eigenvalue weighted by molar-refractivity contribution is 6.17. The number of likely N-dealkylation sites (N-methyl/N-ethyl adjacent to an activating group) is 1. The summed E-state index contributed by atoms with van der Waals surface area (Å²) in [6, 6.07) is -0.668. The van der Waals surface area contributed by atoms with Crippen molar-refractivity contribution in [3.05, 3.63) is 11.8 Å². The highest BCUT2D eigenvalue weighted by Gasteiger charge is 2.45. The third-order valence-corrected chi connectivity index (χ3v) is 5.66. The molecule has 0 bridgehead atoms. The predicted molar refractivity (Wildman–Crippen MR) is 95.8 cm³/mol. The maximum Gasteiger partial charge on any atom is 0.331 e. The molecule has 2 heterocycles. The molecule has 2 aliphatic heterocycles. The SMILES string of the molecule is C/C=C(/NN1CC[NH+](C)CC1)[C@H]1C(=O)NC(=O)N(C2CCCCC2)C1=O. The highest BCUT2D eigenvalue weighted by Crippen LogP contribution is 2.27. The number of quaternary nitrogens is 1. The van der Waals surface area contributed by atoms with Crippen molar-refractivity contribution in [1.82, 2.24) is 20.7 Å². The summed E-state index contributed by atoms with van der Waals surface area (Å²) in [5.41, 5.74) is 3.81. The number of carbonyl (C=O) groups excluding carboxylic acids is 3. The molecule has 26 heavy (non-hydrogen) atoms. The number of nitrogens with zero attached hydrogens (tertiary/aromatic N) is 2. The van der Waals surface area contributed by atoms with Gasteiger partial charge in [0.05, 0.1) is 33.2 Å². The van der Waals surface area contributed by atoms with Crippen LogP contribution in [-0.2, 0) is 9.59 Å². The standard InChI is InChI=1S/C18H29N5O3/c1-3-14(20-22-11-9-21(2)10-12-22)15-16(24)19-18(26)23(17(15)25)13-7-5-4-6-8-13/h3,13,15,20H,4-12H2,1-2H3,(H,19,24,26)/p+1/b14-3+/t15-/m0/s1. The third kappa shape index (κ3) is 3.91. The molecule has 0 aromatic rings. The fraction of sp³-hybridized carbons (Fsp3) is 0.722. The molecular weight excluding hydrogens is 334 g/mol. The van der Waals surface area contributed by atoms with Crippen molar-refractivity contribution < 1.29 is 19.3 Å². The number of rotatable bonds is 4. The van der Waals surface area contributed by atoms with Crippen LogP contribution in [0, 0.1) is 5.92 Å². The van der Waals surface area contributed by atoms with Crippen LogP contribution in [-0.4, -0.2) is 67.0 Å². The number of barbiturate groups is 1. The second kappa shape index (κ2) is 8.18. The molecular formula is C18H30N5O3+. The van der Waals surface area contributed by atoms with Crippen LogP contribution in [0.2, 0.25) is 0 Å². The Labute approximate surface area is 154 Å². The lowest BCUT2D eigenvalue weighted by molar-refractivity contribution is -0.884. The quantitative estimate of drug-likeness (QED) is 0.572. The smallest absolute Gasteiger partial charge is 0.331 e. The molecule has 1 aliphatic carbocycles. The van der Waals surface area contributed by atoms with Gasteiger partial charge in [0, 0.05) is 11.7 Å². The second-order valence-electron chi connectivity index (χ2n) is 7.53. The van der Waals surface area contributed by atoms with E-state index in [2.05, 4.69) is 17.8 Å². The molecule has 144 valence electrons. The molecule has 0 aromatic carbocycles. The van der Waals surface area contributed by atoms with E-state index in [-0.39, 0.29) is 6.04 Å². The number of nitrogens with one attached hydrogen (secondary N) is 3. The van der Waals surface area contributed by atoms with Crippen LogP contribution in [0.1, 0.15) is 39.0 Å². The van der Waals surface area contributed by atoms with Crippen LogP contribution in [0.3, 0.4) is 0 Å². The van der Waals surface area contributed by atoms with E-state index in [9.17, 15) is 14.4 Å². The molecule has 1 atom stereocenters. The minimum absolute atomic E-state index is 0.0998. The van der Waals surface area contributed by atoms with Gasteiger partial charge in [0.15, 0.2) is 5.92 Å². The van der Waals surface area contributed by atoms with Gasteiger partial charge in [0.2, 0.25) is 11.8 Å². The van der Waals surface area contributed by atoms with Crippen molar-refractivity contribution in [2.45, 2.75) is 45.1 Å². The van der Waals surface area contributed by atoms with Crippen LogP contribution in [0.25, 0.3) is 0 Å². The Hall–Kier alpha value is -1.93. The lowest BCUT2D eigenvalue weighted by Gasteiger charge is -2.39. The summed E-state index contributed by atoms with van der Waals surface area (Å²) >= 11 is 0. The second-order valence-corrected chi connectivity index (χ2v) is 7.53. The lowest BCUT2D eigenvalue weighted by Crippen LogP contribution is -3.12. The highest BCUT2D eigenvalue weighted by atomic mass is 16.2. The molecule has 0 spiro atoms. The molecule has 2 saturated heterocycles. The van der Waals surface area contributed by atoms with Gasteiger partial charge >= 0.3 is 6.03 Å². The lowest BCUT2D eigenvalue weighted by atomic mass is 9.91. The Morgan fingerprint density at radius 2 is 1.81 bits per heavy atom. The minimum atomic E-state index is -0.980. The van der Waals surface area contributed by atoms with Crippen LogP contribution in [0.15, 0.2) is 11.8 Å². The maximum absolute atomic E-state index is 13.1. The summed E-state index contributed by atoms with van der Waals surface area (Å²) in [5.74, 6) is -1.91. The van der Waals surface area contributed by atoms with Gasteiger partial charge in [-0.3, -0.25) is 19.8 Å². The fourth-order valence-corrected chi connectivity index (χ4v) is 4.03. The minimum Gasteiger partial charge on any atom is -0.335 e. The van der Waals surface area contributed by atoms with Gasteiger partial charge in [-0.05, 0) is 19.8 Å². The molecule has 8 heteroatoms. The van der Waals surface area contributed by atoms with Crippen LogP contribution >= 0.6 is 0 Å². The van der Waals surface area contributed by atoms with Gasteiger partial charge < -0.3 is 10.3 Å². The van der Waals surface area contributed by atoms with E-state index in [1.165, 1.54) is 9.80 Å². The van der Waals surface area contributed by atoms with E-state index in [0.717, 1.165) is 58.3 Å². The van der Waals surface area contributed by atoms with Gasteiger partial charge in [-0.15, -0.1) is 0 Å². The van der Waals surface area contributed by atoms with E-state index in [4.69, 9.17) is 0 Å². The molecule has 3 fully saturated rings. The first-order chi connectivity index (χ1) is 12.5. The number of amides is 4. The van der Waals surface area contributed by atoms with E-state index in [0.29, 0.717) is 5.70 Å². The number of carbonyl (C=O) groups is 3. The largest absolute Gasteiger partial charge is 0.335 e. The number of hydrogen-bond acceptors (Lipinski definition) is 5. The van der Waals surface area contributed by atoms with Crippen molar-refractivity contribution in [3.8, 4) is 0 Å². The van der Waals surface area contributed by atoms with E-state index in [1.807, 2.05) is 11.9 Å². The maximum atomic E-state index is 13.1. The average molecular weight is 364 g/mol. The first kappa shape index (κ1) is 18.8. The van der Waals surface area contributed by atoms with Crippen molar-refractivity contribution in [3.63, 3.8) is 0 Å². The zero-order valence-corrected chi connectivity index (χ0v) is 15.7. The summed E-state index contributed by atoms with van der Waals surface area (Å²) in [5, 5.41) is 4.44. The van der Waals surface area contributed by atoms with Crippen LogP contribution in [0.5, 0.6) is 0 Å². The van der Waals surface area contributed by atoms with Crippen LogP contribution in [0.4, 0.5) is 4.79 Å². The molecule has 3 aliphatic rings. The summed E-state index contributed by atoms with van der Waals surface area (Å²) < 4.78 is 0. The Balaban J connectivity index is 1.74. The molecule has 8 nitrogen and oxygen atoms in total. The number of allylic oxidation sites excluding steroid dienone is 1. The summed E-state index contributed by atoms with van der Waals surface area (Å²) in [6.45, 7) is 5.50. The van der Waals surface area contributed by atoms with E-state index in [1.54, 1.807) is 6.08 Å². The van der Waals surface area contributed by atoms with Gasteiger partial charge in [0.1, 0.15) is 0 Å². The molecule has 3 rings (SSSR count). The number of hydrogen-bond donors (Lipinski definition) is 3. The predicted octanol–water partition coefficient (Wildman–Crippen LogP) is -0.748. The first-order valence-electron chi connectivity index (χ1n) is 9.68. The summed E-state index contributed by atoms with van der Waals surface area (Å²) in [6.07, 6.45) is 6.56. The van der Waals surface area contributed by atoms with Crippen molar-refractivity contribution >= 4 is 17.8 Å². The first-order valence-corrected chi connectivity index (χ1v) is 9.68. The molecule has 3 N–H and O–H groups in total. The number of imide groups is 2. The van der Waals surface area contributed by atoms with Crippen molar-refractivity contribution in [1.29, 1.82) is 0 Å². The Kier molecular flexibility index (Phi) is 5.93. The Morgan fingerprint density at radius 3 is 2.42 bits per heavy atom.